The van der Waals surface area contributed by atoms with Gasteiger partial charge in [-0.25, -0.2) is 0 Å². The van der Waals surface area contributed by atoms with Crippen LogP contribution in [0.5, 0.6) is 11.5 Å². The fourth-order valence-electron chi connectivity index (χ4n) is 2.66. The van der Waals surface area contributed by atoms with Crippen LogP contribution in [-0.4, -0.2) is 48.2 Å². The van der Waals surface area contributed by atoms with Crippen LogP contribution in [0.15, 0.2) is 18.2 Å². The highest BCUT2D eigenvalue weighted by atomic mass is 16.5. The average Bonchev–Trinajstić information content (AvgIpc) is 2.53. The number of ether oxygens (including phenoxy) is 2. The number of benzene rings is 1. The molecule has 1 aliphatic rings. The maximum Gasteiger partial charge on any atom is 0.306 e. The van der Waals surface area contributed by atoms with Crippen LogP contribution in [0.3, 0.4) is 0 Å². The van der Waals surface area contributed by atoms with Gasteiger partial charge in [0.25, 0.3) is 5.91 Å². The minimum atomic E-state index is -0.787. The van der Waals surface area contributed by atoms with Crippen molar-refractivity contribution in [3.05, 3.63) is 23.8 Å². The minimum Gasteiger partial charge on any atom is -0.497 e. The van der Waals surface area contributed by atoms with E-state index in [1.54, 1.807) is 30.2 Å². The fraction of sp³-hybridized carbons (Fsp3) is 0.529. The molecule has 2 rings (SSSR count). The zero-order chi connectivity index (χ0) is 17.0. The van der Waals surface area contributed by atoms with Gasteiger partial charge in [0.1, 0.15) is 11.5 Å². The maximum atomic E-state index is 12.7. The van der Waals surface area contributed by atoms with Crippen LogP contribution in [0.2, 0.25) is 0 Å². The summed E-state index contributed by atoms with van der Waals surface area (Å²) in [6.07, 6.45) is 0.904. The Bertz CT molecular complexity index is 576. The number of carboxylic acid groups (broad SMARTS) is 1. The number of hydrogen-bond donors (Lipinski definition) is 1. The van der Waals surface area contributed by atoms with Crippen LogP contribution in [0.4, 0.5) is 0 Å². The van der Waals surface area contributed by atoms with E-state index in [4.69, 9.17) is 14.6 Å². The van der Waals surface area contributed by atoms with Gasteiger partial charge < -0.3 is 19.5 Å². The number of hydrogen-bond acceptors (Lipinski definition) is 4. The lowest BCUT2D eigenvalue weighted by Crippen LogP contribution is -2.40. The molecule has 1 fully saturated rings. The van der Waals surface area contributed by atoms with Crippen LogP contribution < -0.4 is 9.47 Å². The second-order valence-electron chi connectivity index (χ2n) is 5.93. The summed E-state index contributed by atoms with van der Waals surface area (Å²) in [5, 5.41) is 9.04. The normalized spacial score (nSPS) is 15.6. The van der Waals surface area contributed by atoms with Gasteiger partial charge >= 0.3 is 5.97 Å². The third-order valence-electron chi connectivity index (χ3n) is 3.91. The summed E-state index contributed by atoms with van der Waals surface area (Å²) in [6, 6.07) is 5.13. The summed E-state index contributed by atoms with van der Waals surface area (Å²) in [4.78, 5) is 25.4. The SMILES string of the molecule is COc1ccc(C(=O)N2CCC(C(=O)O)CC2)c(OC(C)C)c1. The summed E-state index contributed by atoms with van der Waals surface area (Å²) in [5.74, 6) is -0.162. The van der Waals surface area contributed by atoms with Gasteiger partial charge in [-0.3, -0.25) is 9.59 Å². The van der Waals surface area contributed by atoms with Crippen LogP contribution in [0.1, 0.15) is 37.0 Å². The summed E-state index contributed by atoms with van der Waals surface area (Å²) in [5.41, 5.74) is 0.480. The summed E-state index contributed by atoms with van der Waals surface area (Å²) < 4.78 is 10.9. The molecule has 1 aromatic rings. The molecule has 23 heavy (non-hydrogen) atoms. The van der Waals surface area contributed by atoms with Gasteiger partial charge in [0.15, 0.2) is 0 Å². The predicted molar refractivity (Wildman–Crippen MR) is 85.0 cm³/mol. The molecular weight excluding hydrogens is 298 g/mol. The lowest BCUT2D eigenvalue weighted by atomic mass is 9.96. The number of carboxylic acids is 1. The molecule has 1 amide bonds. The van der Waals surface area contributed by atoms with Crippen molar-refractivity contribution in [1.82, 2.24) is 4.90 Å². The van der Waals surface area contributed by atoms with Gasteiger partial charge in [-0.1, -0.05) is 0 Å². The Morgan fingerprint density at radius 2 is 1.91 bits per heavy atom. The largest absolute Gasteiger partial charge is 0.497 e. The monoisotopic (exact) mass is 321 g/mol. The number of aliphatic carboxylic acids is 1. The molecule has 0 saturated carbocycles. The van der Waals surface area contributed by atoms with Gasteiger partial charge in [0.2, 0.25) is 0 Å². The van der Waals surface area contributed by atoms with E-state index in [1.807, 2.05) is 13.8 Å². The molecule has 1 saturated heterocycles. The first-order valence-electron chi connectivity index (χ1n) is 7.79. The number of amides is 1. The molecule has 1 heterocycles. The van der Waals surface area contributed by atoms with Crippen molar-refractivity contribution >= 4 is 11.9 Å². The second-order valence-corrected chi connectivity index (χ2v) is 5.93. The first kappa shape index (κ1) is 17.1. The van der Waals surface area contributed by atoms with Crippen molar-refractivity contribution in [1.29, 1.82) is 0 Å². The second kappa shape index (κ2) is 7.35. The van der Waals surface area contributed by atoms with Gasteiger partial charge in [0.05, 0.1) is 24.7 Å². The van der Waals surface area contributed by atoms with E-state index in [9.17, 15) is 9.59 Å². The number of piperidine rings is 1. The summed E-state index contributed by atoms with van der Waals surface area (Å²) in [7, 11) is 1.56. The number of likely N-dealkylation sites (tertiary alicyclic amines) is 1. The van der Waals surface area contributed by atoms with Crippen LogP contribution in [-0.2, 0) is 4.79 Å². The Morgan fingerprint density at radius 3 is 2.43 bits per heavy atom. The van der Waals surface area contributed by atoms with Crippen LogP contribution in [0, 0.1) is 5.92 Å². The lowest BCUT2D eigenvalue weighted by Gasteiger charge is -2.30. The Hall–Kier alpha value is -2.24. The Balaban J connectivity index is 2.17. The third-order valence-corrected chi connectivity index (χ3v) is 3.91. The predicted octanol–water partition coefficient (Wildman–Crippen LogP) is 2.42. The van der Waals surface area contributed by atoms with Gasteiger partial charge in [-0.2, -0.15) is 0 Å². The Labute approximate surface area is 136 Å². The summed E-state index contributed by atoms with van der Waals surface area (Å²) in [6.45, 7) is 4.68. The minimum absolute atomic E-state index is 0.0635. The van der Waals surface area contributed by atoms with Crippen molar-refractivity contribution in [2.45, 2.75) is 32.8 Å². The molecule has 1 aliphatic heterocycles. The average molecular weight is 321 g/mol. The zero-order valence-electron chi connectivity index (χ0n) is 13.7. The van der Waals surface area contributed by atoms with E-state index < -0.39 is 5.97 Å². The smallest absolute Gasteiger partial charge is 0.306 e. The first-order valence-corrected chi connectivity index (χ1v) is 7.79. The highest BCUT2D eigenvalue weighted by Gasteiger charge is 2.29. The lowest BCUT2D eigenvalue weighted by molar-refractivity contribution is -0.143. The number of carbonyl (C=O) groups is 2. The highest BCUT2D eigenvalue weighted by molar-refractivity contribution is 5.97. The number of rotatable bonds is 5. The number of nitrogens with zero attached hydrogens (tertiary/aromatic N) is 1. The maximum absolute atomic E-state index is 12.7. The highest BCUT2D eigenvalue weighted by Crippen LogP contribution is 2.28. The number of methoxy groups -OCH3 is 1. The van der Waals surface area contributed by atoms with Crippen molar-refractivity contribution in [2.24, 2.45) is 5.92 Å². The molecule has 126 valence electrons. The molecule has 0 aromatic heterocycles. The molecule has 6 nitrogen and oxygen atoms in total. The van der Waals surface area contributed by atoms with Gasteiger partial charge in [-0.15, -0.1) is 0 Å². The van der Waals surface area contributed by atoms with E-state index in [2.05, 4.69) is 0 Å². The quantitative estimate of drug-likeness (QED) is 0.901. The Morgan fingerprint density at radius 1 is 1.26 bits per heavy atom. The molecule has 0 radical (unpaired) electrons. The molecule has 0 atom stereocenters. The molecular formula is C17H23NO5. The standard InChI is InChI=1S/C17H23NO5/c1-11(2)23-15-10-13(22-3)4-5-14(15)16(19)18-8-6-12(7-9-18)17(20)21/h4-5,10-12H,6-9H2,1-3H3,(H,20,21). The molecule has 0 spiro atoms. The van der Waals surface area contributed by atoms with Crippen molar-refractivity contribution < 1.29 is 24.2 Å². The first-order chi connectivity index (χ1) is 10.9. The number of carbonyl (C=O) groups excluding carboxylic acids is 1. The van der Waals surface area contributed by atoms with E-state index in [0.29, 0.717) is 43.0 Å². The summed E-state index contributed by atoms with van der Waals surface area (Å²) >= 11 is 0. The van der Waals surface area contributed by atoms with Gasteiger partial charge in [-0.05, 0) is 38.8 Å². The molecule has 1 N–H and O–H groups in total. The Kier molecular flexibility index (Phi) is 5.47. The van der Waals surface area contributed by atoms with Gasteiger partial charge in [0, 0.05) is 19.2 Å². The van der Waals surface area contributed by atoms with Crippen molar-refractivity contribution in [2.75, 3.05) is 20.2 Å². The molecule has 0 unspecified atom stereocenters. The van der Waals surface area contributed by atoms with E-state index in [-0.39, 0.29) is 17.9 Å². The van der Waals surface area contributed by atoms with Crippen molar-refractivity contribution in [3.8, 4) is 11.5 Å². The van der Waals surface area contributed by atoms with Crippen LogP contribution in [0.25, 0.3) is 0 Å². The van der Waals surface area contributed by atoms with E-state index in [1.165, 1.54) is 0 Å². The molecule has 6 heteroatoms. The molecule has 0 bridgehead atoms. The zero-order valence-corrected chi connectivity index (χ0v) is 13.7. The van der Waals surface area contributed by atoms with E-state index >= 15 is 0 Å². The van der Waals surface area contributed by atoms with Crippen molar-refractivity contribution in [3.63, 3.8) is 0 Å². The van der Waals surface area contributed by atoms with E-state index in [0.717, 1.165) is 0 Å². The molecule has 1 aromatic carbocycles. The molecule has 0 aliphatic carbocycles. The topological polar surface area (TPSA) is 76.1 Å². The van der Waals surface area contributed by atoms with Crippen LogP contribution >= 0.6 is 0 Å². The fourth-order valence-corrected chi connectivity index (χ4v) is 2.66. The third kappa shape index (κ3) is 4.15.